The Morgan fingerprint density at radius 1 is 1.16 bits per heavy atom. The number of nitrogens with zero attached hydrogens (tertiary/aromatic N) is 3. The van der Waals surface area contributed by atoms with Gasteiger partial charge in [-0.1, -0.05) is 29.3 Å². The molecule has 2 atom stereocenters. The van der Waals surface area contributed by atoms with E-state index in [1.807, 2.05) is 4.90 Å². The van der Waals surface area contributed by atoms with Crippen molar-refractivity contribution in [1.29, 1.82) is 0 Å². The molecule has 0 aromatic heterocycles. The first-order valence-corrected chi connectivity index (χ1v) is 11.3. The summed E-state index contributed by atoms with van der Waals surface area (Å²) in [7, 11) is 0. The molecule has 31 heavy (non-hydrogen) atoms. The summed E-state index contributed by atoms with van der Waals surface area (Å²) in [6.45, 7) is 3.51. The Kier molecular flexibility index (Phi) is 8.72. The van der Waals surface area contributed by atoms with Crippen LogP contribution in [0, 0.1) is 0 Å². The molecule has 170 valence electrons. The number of benzene rings is 1. The van der Waals surface area contributed by atoms with Crippen molar-refractivity contribution in [2.45, 2.75) is 31.5 Å². The smallest absolute Gasteiger partial charge is 0.246 e. The minimum atomic E-state index is -1.20. The fourth-order valence-electron chi connectivity index (χ4n) is 3.86. The molecule has 0 saturated carbocycles. The average molecular weight is 472 g/mol. The van der Waals surface area contributed by atoms with Crippen molar-refractivity contribution in [2.75, 3.05) is 45.8 Å². The average Bonchev–Trinajstić information content (AvgIpc) is 2.93. The second-order valence-corrected chi connectivity index (χ2v) is 8.80. The van der Waals surface area contributed by atoms with Crippen LogP contribution in [-0.4, -0.2) is 89.7 Å². The first kappa shape index (κ1) is 24.0. The van der Waals surface area contributed by atoms with Crippen LogP contribution in [0.15, 0.2) is 24.3 Å². The Morgan fingerprint density at radius 3 is 2.71 bits per heavy atom. The van der Waals surface area contributed by atoms with Gasteiger partial charge < -0.3 is 19.8 Å². The van der Waals surface area contributed by atoms with Gasteiger partial charge in [-0.2, -0.15) is 0 Å². The summed E-state index contributed by atoms with van der Waals surface area (Å²) in [6, 6.07) is 5.14. The van der Waals surface area contributed by atoms with Gasteiger partial charge in [0.15, 0.2) is 0 Å². The van der Waals surface area contributed by atoms with Crippen molar-refractivity contribution < 1.29 is 19.1 Å². The number of alkyl halides is 1. The Hall–Kier alpha value is -1.67. The molecule has 2 amide bonds. The second-order valence-electron chi connectivity index (χ2n) is 7.99. The number of aliphatic hydroxyl groups excluding tert-OH is 1. The van der Waals surface area contributed by atoms with Crippen LogP contribution >= 0.6 is 23.2 Å². The number of carbonyl (C=O) groups excluding carboxylic acids is 2. The zero-order chi connectivity index (χ0) is 22.4. The van der Waals surface area contributed by atoms with Crippen LogP contribution in [0.1, 0.15) is 24.8 Å². The van der Waals surface area contributed by atoms with Gasteiger partial charge in [-0.15, -0.1) is 0 Å². The molecule has 0 unspecified atom stereocenters. The van der Waals surface area contributed by atoms with E-state index >= 15 is 0 Å². The van der Waals surface area contributed by atoms with Gasteiger partial charge in [-0.25, -0.2) is 4.39 Å². The van der Waals surface area contributed by atoms with Crippen molar-refractivity contribution >= 4 is 41.1 Å². The molecule has 6 nitrogen and oxygen atoms in total. The molecule has 0 bridgehead atoms. The van der Waals surface area contributed by atoms with Crippen LogP contribution in [-0.2, 0) is 9.59 Å². The molecule has 0 aliphatic carbocycles. The van der Waals surface area contributed by atoms with Crippen LogP contribution in [0.2, 0.25) is 10.0 Å². The number of hydrogen-bond acceptors (Lipinski definition) is 4. The van der Waals surface area contributed by atoms with E-state index in [1.54, 1.807) is 34.1 Å². The van der Waals surface area contributed by atoms with Crippen molar-refractivity contribution in [3.63, 3.8) is 0 Å². The summed E-state index contributed by atoms with van der Waals surface area (Å²) in [5.41, 5.74) is 0.774. The minimum Gasteiger partial charge on any atom is -0.390 e. The third kappa shape index (κ3) is 6.91. The van der Waals surface area contributed by atoms with Crippen LogP contribution in [0.3, 0.4) is 0 Å². The van der Waals surface area contributed by atoms with Crippen LogP contribution in [0.4, 0.5) is 4.39 Å². The van der Waals surface area contributed by atoms with E-state index in [-0.39, 0.29) is 24.8 Å². The zero-order valence-corrected chi connectivity index (χ0v) is 18.9. The Bertz CT molecular complexity index is 823. The highest BCUT2D eigenvalue weighted by atomic mass is 35.5. The molecule has 1 aromatic carbocycles. The highest BCUT2D eigenvalue weighted by Crippen LogP contribution is 2.23. The largest absolute Gasteiger partial charge is 0.390 e. The number of likely N-dealkylation sites (tertiary alicyclic amines) is 1. The molecule has 0 spiro atoms. The third-order valence-corrected chi connectivity index (χ3v) is 6.49. The van der Waals surface area contributed by atoms with Gasteiger partial charge in [-0.05, 0) is 43.2 Å². The number of aliphatic hydroxyl groups is 1. The fraction of sp³-hybridized carbons (Fsp3) is 0.545. The van der Waals surface area contributed by atoms with E-state index in [0.717, 1.165) is 12.0 Å². The number of piperidine rings is 1. The van der Waals surface area contributed by atoms with Gasteiger partial charge >= 0.3 is 0 Å². The highest BCUT2D eigenvalue weighted by molar-refractivity contribution is 6.42. The van der Waals surface area contributed by atoms with Crippen molar-refractivity contribution in [2.24, 2.45) is 0 Å². The van der Waals surface area contributed by atoms with E-state index in [4.69, 9.17) is 23.2 Å². The maximum Gasteiger partial charge on any atom is 0.246 e. The summed E-state index contributed by atoms with van der Waals surface area (Å²) in [4.78, 5) is 30.4. The Morgan fingerprint density at radius 2 is 1.97 bits per heavy atom. The standard InChI is InChI=1S/C22H28Cl2FN3O3/c23-17-4-2-16(14-18(17)24)3-5-21(30)28-11-7-22(31)27(12-13-28)9-1-8-26-10-6-20(29)19(25)15-26/h2-5,14,19-20,29H,1,6-13,15H2/t19-,20+/m0/s1. The molecule has 2 aliphatic rings. The molecule has 9 heteroatoms. The third-order valence-electron chi connectivity index (χ3n) is 5.76. The molecule has 2 fully saturated rings. The predicted octanol–water partition coefficient (Wildman–Crippen LogP) is 2.86. The molecule has 3 rings (SSSR count). The number of carbonyl (C=O) groups is 2. The summed E-state index contributed by atoms with van der Waals surface area (Å²) in [5.74, 6) is -0.122. The minimum absolute atomic E-state index is 0.0289. The van der Waals surface area contributed by atoms with E-state index in [0.29, 0.717) is 55.7 Å². The number of amides is 2. The van der Waals surface area contributed by atoms with Gasteiger partial charge in [0, 0.05) is 51.8 Å². The van der Waals surface area contributed by atoms with Gasteiger partial charge in [0.25, 0.3) is 0 Å². The van der Waals surface area contributed by atoms with Crippen molar-refractivity contribution in [3.8, 4) is 0 Å². The van der Waals surface area contributed by atoms with Crippen LogP contribution < -0.4 is 0 Å². The predicted molar refractivity (Wildman–Crippen MR) is 120 cm³/mol. The van der Waals surface area contributed by atoms with Crippen molar-refractivity contribution in [3.05, 3.63) is 39.9 Å². The summed E-state index contributed by atoms with van der Waals surface area (Å²) < 4.78 is 13.6. The van der Waals surface area contributed by atoms with E-state index in [2.05, 4.69) is 0 Å². The number of rotatable bonds is 6. The van der Waals surface area contributed by atoms with Crippen LogP contribution in [0.5, 0.6) is 0 Å². The lowest BCUT2D eigenvalue weighted by Crippen LogP contribution is -2.45. The van der Waals surface area contributed by atoms with Crippen LogP contribution in [0.25, 0.3) is 6.08 Å². The summed E-state index contributed by atoms with van der Waals surface area (Å²) >= 11 is 11.9. The quantitative estimate of drug-likeness (QED) is 0.647. The van der Waals surface area contributed by atoms with E-state index in [1.165, 1.54) is 6.08 Å². The molecule has 2 saturated heterocycles. The maximum atomic E-state index is 13.6. The lowest BCUT2D eigenvalue weighted by atomic mass is 10.1. The molecular weight excluding hydrogens is 444 g/mol. The highest BCUT2D eigenvalue weighted by Gasteiger charge is 2.27. The van der Waals surface area contributed by atoms with E-state index in [9.17, 15) is 19.1 Å². The van der Waals surface area contributed by atoms with Gasteiger partial charge in [0.05, 0.1) is 16.1 Å². The first-order valence-electron chi connectivity index (χ1n) is 10.6. The van der Waals surface area contributed by atoms with E-state index < -0.39 is 12.3 Å². The molecule has 2 aliphatic heterocycles. The SMILES string of the molecule is O=C(C=Cc1ccc(Cl)c(Cl)c1)N1CCC(=O)N(CCCN2CC[C@@H](O)[C@@H](F)C2)CC1. The topological polar surface area (TPSA) is 64.1 Å². The first-order chi connectivity index (χ1) is 14.8. The molecule has 1 N–H and O–H groups in total. The monoisotopic (exact) mass is 471 g/mol. The molecule has 0 radical (unpaired) electrons. The lowest BCUT2D eigenvalue weighted by Gasteiger charge is -2.32. The molecule has 1 aromatic rings. The number of halogens is 3. The van der Waals surface area contributed by atoms with Gasteiger partial charge in [-0.3, -0.25) is 9.59 Å². The fourth-order valence-corrected chi connectivity index (χ4v) is 4.16. The lowest BCUT2D eigenvalue weighted by molar-refractivity contribution is -0.130. The summed E-state index contributed by atoms with van der Waals surface area (Å²) in [5, 5.41) is 10.4. The second kappa shape index (κ2) is 11.3. The number of hydrogen-bond donors (Lipinski definition) is 1. The summed E-state index contributed by atoms with van der Waals surface area (Å²) in [6.07, 6.45) is 2.56. The van der Waals surface area contributed by atoms with Crippen molar-refractivity contribution in [1.82, 2.24) is 14.7 Å². The molecular formula is C22H28Cl2FN3O3. The maximum absolute atomic E-state index is 13.6. The van der Waals surface area contributed by atoms with Gasteiger partial charge in [0.1, 0.15) is 6.17 Å². The normalized spacial score (nSPS) is 23.4. The zero-order valence-electron chi connectivity index (χ0n) is 17.4. The molecule has 2 heterocycles. The Labute approximate surface area is 192 Å². The van der Waals surface area contributed by atoms with Gasteiger partial charge in [0.2, 0.25) is 11.8 Å². The Balaban J connectivity index is 1.45.